The van der Waals surface area contributed by atoms with E-state index in [1.54, 1.807) is 13.3 Å². The van der Waals surface area contributed by atoms with Gasteiger partial charge in [0.2, 0.25) is 5.88 Å². The van der Waals surface area contributed by atoms with Crippen molar-refractivity contribution in [2.24, 2.45) is 11.8 Å². The summed E-state index contributed by atoms with van der Waals surface area (Å²) < 4.78 is 5.19. The van der Waals surface area contributed by atoms with Gasteiger partial charge in [-0.05, 0) is 47.4 Å². The van der Waals surface area contributed by atoms with Gasteiger partial charge in [-0.1, -0.05) is 31.4 Å². The summed E-state index contributed by atoms with van der Waals surface area (Å²) in [5.74, 6) is 2.35. The van der Waals surface area contributed by atoms with Gasteiger partial charge in [0.25, 0.3) is 5.91 Å². The molecule has 5 rings (SSSR count). The summed E-state index contributed by atoms with van der Waals surface area (Å²) in [6, 6.07) is 8.52. The topological polar surface area (TPSA) is 54.5 Å². The van der Waals surface area contributed by atoms with Gasteiger partial charge in [0.05, 0.1) is 12.7 Å². The first-order chi connectivity index (χ1) is 13.7. The minimum Gasteiger partial charge on any atom is -0.481 e. The van der Waals surface area contributed by atoms with Crippen molar-refractivity contribution >= 4 is 11.6 Å². The molecule has 28 heavy (non-hydrogen) atoms. The summed E-state index contributed by atoms with van der Waals surface area (Å²) in [6.45, 7) is 2.35. The van der Waals surface area contributed by atoms with Crippen molar-refractivity contribution in [3.05, 3.63) is 52.7 Å². The minimum absolute atomic E-state index is 0.0586. The average molecular weight is 377 g/mol. The summed E-state index contributed by atoms with van der Waals surface area (Å²) in [5.41, 5.74) is 5.56. The van der Waals surface area contributed by atoms with Crippen molar-refractivity contribution in [2.45, 2.75) is 45.2 Å². The maximum absolute atomic E-state index is 12.7. The molecule has 3 aliphatic rings. The monoisotopic (exact) mass is 377 g/mol. The van der Waals surface area contributed by atoms with Gasteiger partial charge in [-0.3, -0.25) is 4.79 Å². The number of aromatic nitrogens is 1. The predicted octanol–water partition coefficient (Wildman–Crippen LogP) is 4.02. The van der Waals surface area contributed by atoms with E-state index in [-0.39, 0.29) is 5.91 Å². The largest absolute Gasteiger partial charge is 0.481 e. The van der Waals surface area contributed by atoms with Crippen molar-refractivity contribution in [3.8, 4) is 5.88 Å². The number of rotatable bonds is 4. The molecule has 3 heterocycles. The molecule has 5 heteroatoms. The number of carbonyl (C=O) groups is 1. The molecule has 0 bridgehead atoms. The van der Waals surface area contributed by atoms with Crippen molar-refractivity contribution in [3.63, 3.8) is 0 Å². The van der Waals surface area contributed by atoms with Gasteiger partial charge in [-0.15, -0.1) is 0 Å². The summed E-state index contributed by atoms with van der Waals surface area (Å²) in [6.07, 6.45) is 8.26. The van der Waals surface area contributed by atoms with Gasteiger partial charge in [0, 0.05) is 37.6 Å². The average Bonchev–Trinajstić information content (AvgIpc) is 2.84. The zero-order valence-electron chi connectivity index (χ0n) is 16.4. The van der Waals surface area contributed by atoms with Gasteiger partial charge >= 0.3 is 0 Å². The Morgan fingerprint density at radius 1 is 1.18 bits per heavy atom. The molecule has 1 aromatic carbocycles. The van der Waals surface area contributed by atoms with Crippen molar-refractivity contribution in [1.29, 1.82) is 0 Å². The van der Waals surface area contributed by atoms with Gasteiger partial charge in [0.1, 0.15) is 0 Å². The van der Waals surface area contributed by atoms with Crippen LogP contribution in [0.25, 0.3) is 0 Å². The lowest BCUT2D eigenvalue weighted by molar-refractivity contribution is 0.0766. The SMILES string of the molecule is COc1cc2c(cn1)C(=O)N(Cc1ccc3c(c1)CCC(C1CCC1)CN3)C2. The van der Waals surface area contributed by atoms with E-state index in [4.69, 9.17) is 4.74 Å². The van der Waals surface area contributed by atoms with Crippen molar-refractivity contribution in [2.75, 3.05) is 19.0 Å². The van der Waals surface area contributed by atoms with Crippen LogP contribution in [-0.4, -0.2) is 29.4 Å². The van der Waals surface area contributed by atoms with Crippen molar-refractivity contribution in [1.82, 2.24) is 9.88 Å². The molecule has 1 N–H and O–H groups in total. The number of anilines is 1. The molecule has 5 nitrogen and oxygen atoms in total. The first-order valence-corrected chi connectivity index (χ1v) is 10.4. The molecule has 1 fully saturated rings. The molecule has 2 aromatic rings. The minimum atomic E-state index is 0.0586. The van der Waals surface area contributed by atoms with Gasteiger partial charge in [-0.2, -0.15) is 0 Å². The third-order valence-corrected chi connectivity index (χ3v) is 6.75. The van der Waals surface area contributed by atoms with Crippen LogP contribution in [0.5, 0.6) is 5.88 Å². The van der Waals surface area contributed by atoms with Gasteiger partial charge in [0.15, 0.2) is 0 Å². The Labute approximate surface area is 166 Å². The quantitative estimate of drug-likeness (QED) is 0.874. The van der Waals surface area contributed by atoms with Crippen LogP contribution in [0.2, 0.25) is 0 Å². The number of fused-ring (bicyclic) bond motifs is 2. The summed E-state index contributed by atoms with van der Waals surface area (Å²) in [5, 5.41) is 3.68. The van der Waals surface area contributed by atoms with Crippen LogP contribution < -0.4 is 10.1 Å². The fourth-order valence-corrected chi connectivity index (χ4v) is 4.83. The van der Waals surface area contributed by atoms with Crippen LogP contribution in [0.15, 0.2) is 30.5 Å². The van der Waals surface area contributed by atoms with E-state index in [1.807, 2.05) is 11.0 Å². The lowest BCUT2D eigenvalue weighted by Crippen LogP contribution is -2.27. The zero-order valence-corrected chi connectivity index (χ0v) is 16.4. The number of nitrogens with one attached hydrogen (secondary N) is 1. The number of amides is 1. The van der Waals surface area contributed by atoms with Crippen LogP contribution in [0.4, 0.5) is 5.69 Å². The Morgan fingerprint density at radius 2 is 2.07 bits per heavy atom. The normalized spacial score (nSPS) is 21.4. The number of nitrogens with zero attached hydrogens (tertiary/aromatic N) is 2. The molecule has 1 amide bonds. The number of hydrogen-bond donors (Lipinski definition) is 1. The van der Waals surface area contributed by atoms with Crippen LogP contribution in [-0.2, 0) is 19.5 Å². The number of pyridine rings is 1. The Balaban J connectivity index is 1.29. The first-order valence-electron chi connectivity index (χ1n) is 10.4. The Bertz CT molecular complexity index is 907. The number of ether oxygens (including phenoxy) is 1. The zero-order chi connectivity index (χ0) is 19.1. The van der Waals surface area contributed by atoms with E-state index in [0.717, 1.165) is 30.4 Å². The second kappa shape index (κ2) is 7.12. The van der Waals surface area contributed by atoms with Crippen LogP contribution in [0, 0.1) is 11.8 Å². The lowest BCUT2D eigenvalue weighted by Gasteiger charge is -2.33. The third-order valence-electron chi connectivity index (χ3n) is 6.75. The molecule has 1 aliphatic carbocycles. The predicted molar refractivity (Wildman–Crippen MR) is 108 cm³/mol. The van der Waals surface area contributed by atoms with Gasteiger partial charge in [-0.25, -0.2) is 4.98 Å². The third kappa shape index (κ3) is 3.13. The molecule has 1 atom stereocenters. The van der Waals surface area contributed by atoms with Gasteiger partial charge < -0.3 is 15.0 Å². The lowest BCUT2D eigenvalue weighted by atomic mass is 9.74. The highest BCUT2D eigenvalue weighted by atomic mass is 16.5. The number of benzene rings is 1. The summed E-state index contributed by atoms with van der Waals surface area (Å²) >= 11 is 0. The second-order valence-corrected chi connectivity index (χ2v) is 8.41. The van der Waals surface area contributed by atoms with E-state index in [1.165, 1.54) is 42.5 Å². The highest BCUT2D eigenvalue weighted by molar-refractivity contribution is 5.98. The summed E-state index contributed by atoms with van der Waals surface area (Å²) in [7, 11) is 1.60. The fraction of sp³-hybridized carbons (Fsp3) is 0.478. The number of aryl methyl sites for hydroxylation is 1. The van der Waals surface area contributed by atoms with Crippen LogP contribution in [0.3, 0.4) is 0 Å². The molecule has 0 saturated heterocycles. The van der Waals surface area contributed by atoms with E-state index in [0.29, 0.717) is 24.5 Å². The molecule has 0 spiro atoms. The second-order valence-electron chi connectivity index (χ2n) is 8.41. The van der Waals surface area contributed by atoms with E-state index in [9.17, 15) is 4.79 Å². The standard InChI is InChI=1S/C23H27N3O2/c1-28-22-10-19-14-26(23(27)20(19)12-25-22)13-15-5-8-21-17(9-15)6-7-18(11-24-21)16-3-2-4-16/h5,8-10,12,16,18,24H,2-4,6-7,11,13-14H2,1H3. The van der Waals surface area contributed by atoms with E-state index < -0.39 is 0 Å². The van der Waals surface area contributed by atoms with Crippen LogP contribution >= 0.6 is 0 Å². The fourth-order valence-electron chi connectivity index (χ4n) is 4.83. The molecular weight excluding hydrogens is 350 g/mol. The van der Waals surface area contributed by atoms with Crippen LogP contribution in [0.1, 0.15) is 52.7 Å². The molecule has 2 aliphatic heterocycles. The maximum Gasteiger partial charge on any atom is 0.256 e. The molecule has 1 saturated carbocycles. The highest BCUT2D eigenvalue weighted by Crippen LogP contribution is 2.38. The van der Waals surface area contributed by atoms with E-state index in [2.05, 4.69) is 28.5 Å². The highest BCUT2D eigenvalue weighted by Gasteiger charge is 2.30. The Morgan fingerprint density at radius 3 is 2.86 bits per heavy atom. The number of methoxy groups -OCH3 is 1. The Hall–Kier alpha value is -2.56. The Kier molecular flexibility index (Phi) is 4.46. The molecule has 0 radical (unpaired) electrons. The molecule has 146 valence electrons. The molecule has 1 unspecified atom stereocenters. The number of carbonyl (C=O) groups excluding carboxylic acids is 1. The summed E-state index contributed by atoms with van der Waals surface area (Å²) in [4.78, 5) is 18.8. The molecular formula is C23H27N3O2. The smallest absolute Gasteiger partial charge is 0.256 e. The maximum atomic E-state index is 12.7. The number of hydrogen-bond acceptors (Lipinski definition) is 4. The molecule has 1 aromatic heterocycles. The van der Waals surface area contributed by atoms with Crippen molar-refractivity contribution < 1.29 is 9.53 Å². The first kappa shape index (κ1) is 17.5. The van der Waals surface area contributed by atoms with E-state index >= 15 is 0 Å².